The highest BCUT2D eigenvalue weighted by Crippen LogP contribution is 2.20. The molecular formula is C25H38BrN5O3. The van der Waals surface area contributed by atoms with Crippen molar-refractivity contribution in [1.29, 1.82) is 0 Å². The molecule has 8 nitrogen and oxygen atoms in total. The lowest BCUT2D eigenvalue weighted by Crippen LogP contribution is -2.62. The number of nitrogens with one attached hydrogen (secondary N) is 3. The molecule has 1 saturated heterocycles. The first-order chi connectivity index (χ1) is 16.3. The molecule has 1 heterocycles. The first-order valence-electron chi connectivity index (χ1n) is 12.5. The minimum absolute atomic E-state index is 0.0221. The number of benzene rings is 1. The van der Waals surface area contributed by atoms with E-state index in [4.69, 9.17) is 0 Å². The van der Waals surface area contributed by atoms with Gasteiger partial charge in [0.25, 0.3) is 0 Å². The first kappa shape index (κ1) is 26.3. The van der Waals surface area contributed by atoms with Gasteiger partial charge >= 0.3 is 12.1 Å². The molecule has 1 aliphatic heterocycles. The van der Waals surface area contributed by atoms with Crippen LogP contribution in [0.25, 0.3) is 0 Å². The molecule has 0 aromatic heterocycles. The Morgan fingerprint density at radius 3 is 2.38 bits per heavy atom. The molecule has 0 radical (unpaired) electrons. The van der Waals surface area contributed by atoms with E-state index < -0.39 is 12.1 Å². The van der Waals surface area contributed by atoms with Crippen molar-refractivity contribution in [2.24, 2.45) is 5.92 Å². The molecule has 0 spiro atoms. The highest BCUT2D eigenvalue weighted by atomic mass is 79.9. The number of urea groups is 2. The second-order valence-electron chi connectivity index (χ2n) is 9.58. The summed E-state index contributed by atoms with van der Waals surface area (Å²) in [6.45, 7) is 7.37. The molecule has 1 aromatic carbocycles. The molecule has 3 atom stereocenters. The predicted molar refractivity (Wildman–Crippen MR) is 138 cm³/mol. The Kier molecular flexibility index (Phi) is 9.62. The molecule has 1 aromatic rings. The summed E-state index contributed by atoms with van der Waals surface area (Å²) in [5.41, 5.74) is 0.655. The average molecular weight is 537 g/mol. The van der Waals surface area contributed by atoms with Crippen molar-refractivity contribution in [2.75, 3.05) is 25.0 Å². The Balaban J connectivity index is 1.57. The summed E-state index contributed by atoms with van der Waals surface area (Å²) in [7, 11) is 0. The summed E-state index contributed by atoms with van der Waals surface area (Å²) in [4.78, 5) is 42.5. The Bertz CT molecular complexity index is 843. The van der Waals surface area contributed by atoms with E-state index in [1.165, 1.54) is 19.3 Å². The Hall–Kier alpha value is -2.29. The smallest absolute Gasteiger partial charge is 0.319 e. The van der Waals surface area contributed by atoms with E-state index in [1.54, 1.807) is 17.0 Å². The zero-order chi connectivity index (χ0) is 24.7. The number of carbonyl (C=O) groups excluding carboxylic acids is 3. The highest BCUT2D eigenvalue weighted by molar-refractivity contribution is 9.10. The molecule has 5 amide bonds. The van der Waals surface area contributed by atoms with E-state index in [2.05, 4.69) is 31.9 Å². The van der Waals surface area contributed by atoms with Crippen LogP contribution in [0.2, 0.25) is 0 Å². The number of anilines is 1. The third-order valence-electron chi connectivity index (χ3n) is 7.00. The van der Waals surface area contributed by atoms with E-state index in [0.717, 1.165) is 23.7 Å². The molecule has 3 rings (SSSR count). The SMILES string of the molecule is CC[C@H](C)[C@@H](NC(=O)Nc1ccc(Br)cc1)C(=O)N1CCN(C(=O)NC2CCCCC2)[C@H](C)C1. The summed E-state index contributed by atoms with van der Waals surface area (Å²) >= 11 is 3.38. The zero-order valence-corrected chi connectivity index (χ0v) is 22.1. The van der Waals surface area contributed by atoms with Gasteiger partial charge in [0.05, 0.1) is 0 Å². The number of carbonyl (C=O) groups is 3. The van der Waals surface area contributed by atoms with Crippen molar-refractivity contribution in [3.63, 3.8) is 0 Å². The van der Waals surface area contributed by atoms with Gasteiger partial charge in [0, 0.05) is 41.9 Å². The van der Waals surface area contributed by atoms with Crippen molar-refractivity contribution in [2.45, 2.75) is 77.4 Å². The third-order valence-corrected chi connectivity index (χ3v) is 7.53. The van der Waals surface area contributed by atoms with Crippen LogP contribution < -0.4 is 16.0 Å². The zero-order valence-electron chi connectivity index (χ0n) is 20.5. The summed E-state index contributed by atoms with van der Waals surface area (Å²) < 4.78 is 0.923. The second kappa shape index (κ2) is 12.4. The molecule has 1 saturated carbocycles. The second-order valence-corrected chi connectivity index (χ2v) is 10.5. The Labute approximate surface area is 211 Å². The van der Waals surface area contributed by atoms with Gasteiger partial charge in [0.2, 0.25) is 5.91 Å². The quantitative estimate of drug-likeness (QED) is 0.498. The molecule has 2 fully saturated rings. The fourth-order valence-electron chi connectivity index (χ4n) is 4.69. The molecule has 188 valence electrons. The summed E-state index contributed by atoms with van der Waals surface area (Å²) in [6, 6.07) is 6.39. The minimum Gasteiger partial charge on any atom is -0.337 e. The average Bonchev–Trinajstić information content (AvgIpc) is 2.83. The first-order valence-corrected chi connectivity index (χ1v) is 13.3. The van der Waals surface area contributed by atoms with Gasteiger partial charge in [-0.25, -0.2) is 9.59 Å². The van der Waals surface area contributed by atoms with Crippen molar-refractivity contribution >= 4 is 39.6 Å². The minimum atomic E-state index is -0.629. The van der Waals surface area contributed by atoms with E-state index in [0.29, 0.717) is 25.3 Å². The van der Waals surface area contributed by atoms with E-state index in [1.807, 2.05) is 37.8 Å². The number of nitrogens with zero attached hydrogens (tertiary/aromatic N) is 2. The molecule has 9 heteroatoms. The van der Waals surface area contributed by atoms with Gasteiger partial charge in [-0.2, -0.15) is 0 Å². The predicted octanol–water partition coefficient (Wildman–Crippen LogP) is 4.56. The van der Waals surface area contributed by atoms with Gasteiger partial charge in [-0.3, -0.25) is 4.79 Å². The molecular weight excluding hydrogens is 498 g/mol. The number of rotatable bonds is 6. The number of halogens is 1. The maximum atomic E-state index is 13.4. The van der Waals surface area contributed by atoms with Crippen LogP contribution >= 0.6 is 15.9 Å². The van der Waals surface area contributed by atoms with E-state index in [9.17, 15) is 14.4 Å². The summed E-state index contributed by atoms with van der Waals surface area (Å²) in [5.74, 6) is -0.120. The highest BCUT2D eigenvalue weighted by Gasteiger charge is 2.35. The van der Waals surface area contributed by atoms with Crippen LogP contribution in [0.4, 0.5) is 15.3 Å². The molecule has 3 N–H and O–H groups in total. The van der Waals surface area contributed by atoms with Crippen molar-refractivity contribution in [1.82, 2.24) is 20.4 Å². The van der Waals surface area contributed by atoms with Crippen LogP contribution in [0.1, 0.15) is 59.3 Å². The lowest BCUT2D eigenvalue weighted by atomic mass is 9.95. The Morgan fingerprint density at radius 2 is 1.76 bits per heavy atom. The number of amides is 5. The van der Waals surface area contributed by atoms with Crippen LogP contribution in [-0.2, 0) is 4.79 Å². The lowest BCUT2D eigenvalue weighted by molar-refractivity contribution is -0.136. The Morgan fingerprint density at radius 1 is 1.09 bits per heavy atom. The monoisotopic (exact) mass is 535 g/mol. The normalized spacial score (nSPS) is 20.9. The molecule has 1 aliphatic carbocycles. The molecule has 0 unspecified atom stereocenters. The van der Waals surface area contributed by atoms with Gasteiger partial charge < -0.3 is 25.8 Å². The molecule has 0 bridgehead atoms. The van der Waals surface area contributed by atoms with Gasteiger partial charge in [-0.15, -0.1) is 0 Å². The lowest BCUT2D eigenvalue weighted by Gasteiger charge is -2.42. The van der Waals surface area contributed by atoms with E-state index >= 15 is 0 Å². The van der Waals surface area contributed by atoms with Crippen LogP contribution in [0, 0.1) is 5.92 Å². The van der Waals surface area contributed by atoms with Crippen LogP contribution in [0.15, 0.2) is 28.7 Å². The van der Waals surface area contributed by atoms with Gasteiger partial charge in [-0.05, 0) is 49.9 Å². The maximum Gasteiger partial charge on any atom is 0.319 e. The standard InChI is InChI=1S/C25H38BrN5O3/c1-4-17(2)22(29-24(33)27-21-12-10-19(26)11-13-21)23(32)30-14-15-31(18(3)16-30)25(34)28-20-8-6-5-7-9-20/h10-13,17-18,20,22H,4-9,14-16H2,1-3H3,(H,28,34)(H2,27,29,33)/t17-,18+,22+/m0/s1. The topological polar surface area (TPSA) is 93.8 Å². The molecule has 34 heavy (non-hydrogen) atoms. The van der Waals surface area contributed by atoms with Crippen molar-refractivity contribution < 1.29 is 14.4 Å². The van der Waals surface area contributed by atoms with Gasteiger partial charge in [0.15, 0.2) is 0 Å². The number of piperazine rings is 1. The van der Waals surface area contributed by atoms with Crippen LogP contribution in [-0.4, -0.2) is 65.5 Å². The fourth-order valence-corrected chi connectivity index (χ4v) is 4.95. The maximum absolute atomic E-state index is 13.4. The number of hydrogen-bond acceptors (Lipinski definition) is 3. The largest absolute Gasteiger partial charge is 0.337 e. The molecule has 2 aliphatic rings. The third kappa shape index (κ3) is 7.10. The van der Waals surface area contributed by atoms with Crippen molar-refractivity contribution in [3.05, 3.63) is 28.7 Å². The van der Waals surface area contributed by atoms with Gasteiger partial charge in [0.1, 0.15) is 6.04 Å². The summed E-state index contributed by atoms with van der Waals surface area (Å²) in [6.07, 6.45) is 6.43. The number of hydrogen-bond donors (Lipinski definition) is 3. The summed E-state index contributed by atoms with van der Waals surface area (Å²) in [5, 5.41) is 8.87. The van der Waals surface area contributed by atoms with Crippen molar-refractivity contribution in [3.8, 4) is 0 Å². The van der Waals surface area contributed by atoms with Gasteiger partial charge in [-0.1, -0.05) is 55.5 Å². The van der Waals surface area contributed by atoms with E-state index in [-0.39, 0.29) is 29.9 Å². The van der Waals surface area contributed by atoms with Crippen LogP contribution in [0.3, 0.4) is 0 Å². The van der Waals surface area contributed by atoms with Crippen LogP contribution in [0.5, 0.6) is 0 Å². The fraction of sp³-hybridized carbons (Fsp3) is 0.640.